The van der Waals surface area contributed by atoms with Crippen molar-refractivity contribution in [2.45, 2.75) is 6.18 Å². The molecule has 2 aromatic carbocycles. The number of nitrogens with zero attached hydrogens (tertiary/aromatic N) is 2. The summed E-state index contributed by atoms with van der Waals surface area (Å²) in [6, 6.07) is 15.3. The van der Waals surface area contributed by atoms with Crippen molar-refractivity contribution in [2.75, 3.05) is 56.0 Å². The topological polar surface area (TPSA) is 125 Å². The molecule has 0 atom stereocenters. The van der Waals surface area contributed by atoms with Gasteiger partial charge in [0.05, 0.1) is 47.4 Å². The van der Waals surface area contributed by atoms with Crippen LogP contribution in [0.4, 0.5) is 41.7 Å². The Labute approximate surface area is 236 Å². The van der Waals surface area contributed by atoms with Gasteiger partial charge in [0.15, 0.2) is 0 Å². The molecule has 1 amide bonds. The van der Waals surface area contributed by atoms with Gasteiger partial charge in [0, 0.05) is 44.2 Å². The highest BCUT2D eigenvalue weighted by Crippen LogP contribution is 2.34. The third-order valence-corrected chi connectivity index (χ3v) is 6.22. The molecule has 1 aliphatic heterocycles. The predicted octanol–water partition coefficient (Wildman–Crippen LogP) is 5.17. The van der Waals surface area contributed by atoms with Gasteiger partial charge in [-0.3, -0.25) is 4.79 Å². The van der Waals surface area contributed by atoms with Gasteiger partial charge in [-0.25, -0.2) is 9.78 Å². The van der Waals surface area contributed by atoms with Gasteiger partial charge in [-0.1, -0.05) is 12.1 Å². The Kier molecular flexibility index (Phi) is 10.6. The van der Waals surface area contributed by atoms with E-state index in [0.717, 1.165) is 53.6 Å². The molecule has 10 nitrogen and oxygen atoms in total. The Morgan fingerprint density at radius 3 is 2.35 bits per heavy atom. The molecule has 0 radical (unpaired) electrons. The summed E-state index contributed by atoms with van der Waals surface area (Å²) >= 11 is 3.54. The normalized spacial score (nSPS) is 13.0. The maximum atomic E-state index is 12.2. The van der Waals surface area contributed by atoms with Gasteiger partial charge in [-0.15, -0.1) is 0 Å². The largest absolute Gasteiger partial charge is 0.494 e. The number of aliphatic carboxylic acids is 1. The molecule has 0 aliphatic carbocycles. The monoisotopic (exact) mass is 625 g/mol. The van der Waals surface area contributed by atoms with E-state index in [1.807, 2.05) is 36.4 Å². The van der Waals surface area contributed by atoms with Crippen LogP contribution in [0.15, 0.2) is 59.2 Å². The average molecular weight is 626 g/mol. The first kappa shape index (κ1) is 30.5. The van der Waals surface area contributed by atoms with Gasteiger partial charge in [-0.2, -0.15) is 13.2 Å². The Morgan fingerprint density at radius 1 is 1.05 bits per heavy atom. The number of rotatable bonds is 7. The molecule has 4 rings (SSSR count). The molecule has 1 aromatic heterocycles. The van der Waals surface area contributed by atoms with Crippen molar-refractivity contribution in [1.82, 2.24) is 10.3 Å². The fourth-order valence-corrected chi connectivity index (χ4v) is 3.93. The second-order valence-corrected chi connectivity index (χ2v) is 9.07. The number of carbonyl (C=O) groups is 2. The summed E-state index contributed by atoms with van der Waals surface area (Å²) in [7, 11) is 3.27. The minimum atomic E-state index is -5.08. The molecule has 0 unspecified atom stereocenters. The van der Waals surface area contributed by atoms with Crippen LogP contribution in [-0.4, -0.2) is 68.6 Å². The van der Waals surface area contributed by atoms with Crippen molar-refractivity contribution in [2.24, 2.45) is 0 Å². The number of hydrogen-bond donors (Lipinski definition) is 4. The zero-order valence-corrected chi connectivity index (χ0v) is 23.1. The standard InChI is InChI=1S/C24H26BrN5O3.C2HF3O2/c1-26-24(31)17-5-3-4-6-19(17)28-21-14-23(27-15-18(21)25)29-20-8-7-16(13-22(20)32-2)30-9-11-33-12-10-30;3-2(4,5)1(6)7/h3-8,13-15H,9-12H2,1-2H3,(H,26,31)(H2,27,28,29);(H,6,7). The number of anilines is 5. The summed E-state index contributed by atoms with van der Waals surface area (Å²) < 4.78 is 43.6. The Morgan fingerprint density at radius 2 is 1.73 bits per heavy atom. The number of carbonyl (C=O) groups excluding carboxylic acids is 1. The predicted molar refractivity (Wildman–Crippen MR) is 148 cm³/mol. The number of halogens is 4. The average Bonchev–Trinajstić information content (AvgIpc) is 2.95. The van der Waals surface area contributed by atoms with Crippen LogP contribution in [0, 0.1) is 0 Å². The lowest BCUT2D eigenvalue weighted by Gasteiger charge is -2.29. The number of nitrogens with one attached hydrogen (secondary N) is 3. The third kappa shape index (κ3) is 8.23. The summed E-state index contributed by atoms with van der Waals surface area (Å²) in [5.41, 5.74) is 3.92. The van der Waals surface area contributed by atoms with Crippen LogP contribution in [0.5, 0.6) is 5.75 Å². The van der Waals surface area contributed by atoms with Gasteiger partial charge < -0.3 is 35.4 Å². The first-order chi connectivity index (χ1) is 19.0. The van der Waals surface area contributed by atoms with E-state index in [-0.39, 0.29) is 5.91 Å². The van der Waals surface area contributed by atoms with E-state index >= 15 is 0 Å². The van der Waals surface area contributed by atoms with Crippen LogP contribution < -0.4 is 25.6 Å². The number of morpholine rings is 1. The van der Waals surface area contributed by atoms with Crippen LogP contribution in [0.3, 0.4) is 0 Å². The lowest BCUT2D eigenvalue weighted by Crippen LogP contribution is -2.36. The molecular formula is C26H27BrF3N5O5. The van der Waals surface area contributed by atoms with E-state index in [9.17, 15) is 18.0 Å². The lowest BCUT2D eigenvalue weighted by molar-refractivity contribution is -0.192. The number of pyridine rings is 1. The van der Waals surface area contributed by atoms with E-state index in [1.54, 1.807) is 26.4 Å². The fraction of sp³-hybridized carbons (Fsp3) is 0.269. The number of benzene rings is 2. The van der Waals surface area contributed by atoms with E-state index in [2.05, 4.69) is 47.8 Å². The molecule has 3 aromatic rings. The van der Waals surface area contributed by atoms with E-state index in [1.165, 1.54) is 0 Å². The zero-order valence-electron chi connectivity index (χ0n) is 21.5. The first-order valence-electron chi connectivity index (χ1n) is 11.8. The van der Waals surface area contributed by atoms with Crippen LogP contribution in [-0.2, 0) is 9.53 Å². The number of amides is 1. The fourth-order valence-electron chi connectivity index (χ4n) is 3.61. The summed E-state index contributed by atoms with van der Waals surface area (Å²) in [6.07, 6.45) is -3.37. The van der Waals surface area contributed by atoms with Crippen LogP contribution >= 0.6 is 15.9 Å². The molecule has 4 N–H and O–H groups in total. The SMILES string of the molecule is CNC(=O)c1ccccc1Nc1cc(Nc2ccc(N3CCOCC3)cc2OC)ncc1Br.O=C(O)C(F)(F)F. The number of methoxy groups -OCH3 is 1. The lowest BCUT2D eigenvalue weighted by atomic mass is 10.1. The molecule has 40 heavy (non-hydrogen) atoms. The molecule has 0 spiro atoms. The van der Waals surface area contributed by atoms with Crippen LogP contribution in [0.25, 0.3) is 0 Å². The maximum Gasteiger partial charge on any atom is 0.490 e. The van der Waals surface area contributed by atoms with Gasteiger partial charge in [0.25, 0.3) is 5.91 Å². The molecule has 2 heterocycles. The molecular weight excluding hydrogens is 599 g/mol. The number of hydrogen-bond acceptors (Lipinski definition) is 8. The van der Waals surface area contributed by atoms with Crippen LogP contribution in [0.2, 0.25) is 0 Å². The number of ether oxygens (including phenoxy) is 2. The van der Waals surface area contributed by atoms with Gasteiger partial charge in [0.1, 0.15) is 11.6 Å². The summed E-state index contributed by atoms with van der Waals surface area (Å²) in [5, 5.41) is 16.5. The van der Waals surface area contributed by atoms with Gasteiger partial charge in [0.2, 0.25) is 0 Å². The summed E-state index contributed by atoms with van der Waals surface area (Å²) in [4.78, 5) is 27.9. The van der Waals surface area contributed by atoms with Crippen molar-refractivity contribution in [3.8, 4) is 5.75 Å². The molecule has 214 valence electrons. The van der Waals surface area contributed by atoms with Crippen molar-refractivity contribution in [3.63, 3.8) is 0 Å². The highest BCUT2D eigenvalue weighted by atomic mass is 79.9. The Hall–Kier alpha value is -4.04. The minimum Gasteiger partial charge on any atom is -0.494 e. The highest BCUT2D eigenvalue weighted by molar-refractivity contribution is 9.10. The molecule has 1 saturated heterocycles. The number of aromatic nitrogens is 1. The summed E-state index contributed by atoms with van der Waals surface area (Å²) in [5.74, 6) is -1.56. The zero-order chi connectivity index (χ0) is 29.3. The van der Waals surface area contributed by atoms with Crippen molar-refractivity contribution < 1.29 is 37.3 Å². The number of carboxylic acids is 1. The molecule has 0 bridgehead atoms. The minimum absolute atomic E-state index is 0.160. The van der Waals surface area contributed by atoms with E-state index < -0.39 is 12.1 Å². The summed E-state index contributed by atoms with van der Waals surface area (Å²) in [6.45, 7) is 3.17. The van der Waals surface area contributed by atoms with Crippen molar-refractivity contribution in [1.29, 1.82) is 0 Å². The van der Waals surface area contributed by atoms with E-state index in [0.29, 0.717) is 17.1 Å². The first-order valence-corrected chi connectivity index (χ1v) is 12.6. The number of alkyl halides is 3. The smallest absolute Gasteiger partial charge is 0.490 e. The molecule has 1 aliphatic rings. The maximum absolute atomic E-state index is 12.2. The molecule has 14 heteroatoms. The number of carboxylic acid groups (broad SMARTS) is 1. The Balaban J connectivity index is 0.000000559. The van der Waals surface area contributed by atoms with Crippen molar-refractivity contribution >= 4 is 56.4 Å². The molecule has 0 saturated carbocycles. The third-order valence-electron chi connectivity index (χ3n) is 5.59. The molecule has 1 fully saturated rings. The Bertz CT molecular complexity index is 1340. The highest BCUT2D eigenvalue weighted by Gasteiger charge is 2.38. The van der Waals surface area contributed by atoms with E-state index in [4.69, 9.17) is 19.4 Å². The van der Waals surface area contributed by atoms with Gasteiger partial charge in [-0.05, 0) is 40.2 Å². The quantitative estimate of drug-likeness (QED) is 0.281. The van der Waals surface area contributed by atoms with Crippen LogP contribution in [0.1, 0.15) is 10.4 Å². The van der Waals surface area contributed by atoms with Crippen molar-refractivity contribution in [3.05, 3.63) is 64.8 Å². The van der Waals surface area contributed by atoms with Gasteiger partial charge >= 0.3 is 12.1 Å². The number of para-hydroxylation sites is 1. The second-order valence-electron chi connectivity index (χ2n) is 8.21. The second kappa shape index (κ2) is 13.8.